The predicted octanol–water partition coefficient (Wildman–Crippen LogP) is 3.43. The molecule has 1 saturated carbocycles. The van der Waals surface area contributed by atoms with Crippen molar-refractivity contribution in [1.29, 1.82) is 0 Å². The number of hydrogen-bond acceptors (Lipinski definition) is 2. The Labute approximate surface area is 120 Å². The number of halogens is 1. The molecular weight excluding hydrogens is 266 g/mol. The molecule has 1 saturated heterocycles. The number of rotatable bonds is 4. The lowest BCUT2D eigenvalue weighted by atomic mass is 9.89. The fourth-order valence-corrected chi connectivity index (χ4v) is 4.33. The van der Waals surface area contributed by atoms with Crippen molar-refractivity contribution in [3.05, 3.63) is 0 Å². The summed E-state index contributed by atoms with van der Waals surface area (Å²) in [4.78, 5) is 11.9. The number of carbonyl (C=O) groups is 1. The molecule has 0 radical (unpaired) electrons. The highest BCUT2D eigenvalue weighted by Crippen LogP contribution is 2.27. The van der Waals surface area contributed by atoms with E-state index >= 15 is 0 Å². The lowest BCUT2D eigenvalue weighted by molar-refractivity contribution is -0.122. The van der Waals surface area contributed by atoms with Crippen LogP contribution in [0, 0.1) is 11.8 Å². The van der Waals surface area contributed by atoms with Crippen LogP contribution in [0.5, 0.6) is 0 Å². The normalized spacial score (nSPS) is 30.1. The molecule has 1 aliphatic heterocycles. The number of nitrogens with one attached hydrogen (secondary N) is 1. The van der Waals surface area contributed by atoms with E-state index in [9.17, 15) is 4.79 Å². The molecule has 0 spiro atoms. The van der Waals surface area contributed by atoms with E-state index in [1.165, 1.54) is 37.2 Å². The highest BCUT2D eigenvalue weighted by molar-refractivity contribution is 7.99. The first kappa shape index (κ1) is 14.5. The van der Waals surface area contributed by atoms with E-state index in [1.54, 1.807) is 0 Å². The molecule has 1 N–H and O–H groups in total. The van der Waals surface area contributed by atoms with Gasteiger partial charge < -0.3 is 5.32 Å². The maximum atomic E-state index is 11.9. The molecule has 0 aromatic heterocycles. The second kappa shape index (κ2) is 7.64. The molecule has 2 aliphatic rings. The Morgan fingerprint density at radius 1 is 1.06 bits per heavy atom. The Morgan fingerprint density at radius 2 is 1.72 bits per heavy atom. The van der Waals surface area contributed by atoms with Gasteiger partial charge in [-0.15, -0.1) is 11.6 Å². The first-order chi connectivity index (χ1) is 8.74. The SMILES string of the molecule is O=C(CC1CCSCC1)NCC1CCC(Cl)CC1. The third-order valence-corrected chi connectivity index (χ3v) is 5.66. The molecule has 1 aliphatic carbocycles. The smallest absolute Gasteiger partial charge is 0.220 e. The van der Waals surface area contributed by atoms with Gasteiger partial charge in [0.25, 0.3) is 0 Å². The molecule has 104 valence electrons. The quantitative estimate of drug-likeness (QED) is 0.804. The average molecular weight is 290 g/mol. The van der Waals surface area contributed by atoms with Gasteiger partial charge in [-0.25, -0.2) is 0 Å². The Kier molecular flexibility index (Phi) is 6.16. The van der Waals surface area contributed by atoms with Crippen molar-refractivity contribution in [3.8, 4) is 0 Å². The molecule has 1 heterocycles. The zero-order valence-corrected chi connectivity index (χ0v) is 12.6. The Balaban J connectivity index is 1.59. The summed E-state index contributed by atoms with van der Waals surface area (Å²) in [6.07, 6.45) is 7.75. The van der Waals surface area contributed by atoms with E-state index in [-0.39, 0.29) is 5.91 Å². The molecule has 4 heteroatoms. The van der Waals surface area contributed by atoms with E-state index < -0.39 is 0 Å². The molecule has 0 bridgehead atoms. The summed E-state index contributed by atoms with van der Waals surface area (Å²) in [5.41, 5.74) is 0. The van der Waals surface area contributed by atoms with Crippen LogP contribution in [0.25, 0.3) is 0 Å². The Morgan fingerprint density at radius 3 is 2.39 bits per heavy atom. The van der Waals surface area contributed by atoms with Crippen LogP contribution in [0.15, 0.2) is 0 Å². The fourth-order valence-electron chi connectivity index (χ4n) is 2.87. The van der Waals surface area contributed by atoms with Crippen LogP contribution in [0.3, 0.4) is 0 Å². The standard InChI is InChI=1S/C14H24ClNOS/c15-13-3-1-12(2-4-13)10-16-14(17)9-11-5-7-18-8-6-11/h11-13H,1-10H2,(H,16,17). The molecule has 18 heavy (non-hydrogen) atoms. The summed E-state index contributed by atoms with van der Waals surface area (Å²) >= 11 is 8.10. The molecule has 1 amide bonds. The van der Waals surface area contributed by atoms with Gasteiger partial charge >= 0.3 is 0 Å². The molecule has 0 atom stereocenters. The predicted molar refractivity (Wildman–Crippen MR) is 79.3 cm³/mol. The summed E-state index contributed by atoms with van der Waals surface area (Å²) in [6.45, 7) is 0.865. The van der Waals surface area contributed by atoms with E-state index in [0.717, 1.165) is 25.8 Å². The van der Waals surface area contributed by atoms with Crippen LogP contribution in [0.1, 0.15) is 44.9 Å². The van der Waals surface area contributed by atoms with Gasteiger partial charge in [0.15, 0.2) is 0 Å². The first-order valence-electron chi connectivity index (χ1n) is 7.22. The highest BCUT2D eigenvalue weighted by Gasteiger charge is 2.21. The van der Waals surface area contributed by atoms with Crippen LogP contribution in [-0.4, -0.2) is 29.3 Å². The monoisotopic (exact) mass is 289 g/mol. The van der Waals surface area contributed by atoms with E-state index in [0.29, 0.717) is 17.2 Å². The topological polar surface area (TPSA) is 29.1 Å². The van der Waals surface area contributed by atoms with E-state index in [1.807, 2.05) is 11.8 Å². The van der Waals surface area contributed by atoms with Crippen molar-refractivity contribution < 1.29 is 4.79 Å². The number of thioether (sulfide) groups is 1. The number of alkyl halides is 1. The van der Waals surface area contributed by atoms with Crippen LogP contribution in [0.2, 0.25) is 0 Å². The summed E-state index contributed by atoms with van der Waals surface area (Å²) in [5.74, 6) is 4.02. The van der Waals surface area contributed by atoms with Gasteiger partial charge in [0.05, 0.1) is 0 Å². The van der Waals surface area contributed by atoms with Gasteiger partial charge in [0.1, 0.15) is 0 Å². The van der Waals surface area contributed by atoms with Crippen LogP contribution in [-0.2, 0) is 4.79 Å². The molecular formula is C14H24ClNOS. The van der Waals surface area contributed by atoms with Gasteiger partial charge in [-0.2, -0.15) is 11.8 Å². The Bertz CT molecular complexity index is 261. The molecule has 2 rings (SSSR count). The largest absolute Gasteiger partial charge is 0.356 e. The van der Waals surface area contributed by atoms with E-state index in [4.69, 9.17) is 11.6 Å². The molecule has 0 unspecified atom stereocenters. The summed E-state index contributed by atoms with van der Waals surface area (Å²) in [5, 5.41) is 3.50. The van der Waals surface area contributed by atoms with E-state index in [2.05, 4.69) is 5.32 Å². The van der Waals surface area contributed by atoms with Crippen LogP contribution in [0.4, 0.5) is 0 Å². The van der Waals surface area contributed by atoms with Gasteiger partial charge in [-0.1, -0.05) is 0 Å². The summed E-state index contributed by atoms with van der Waals surface area (Å²) in [7, 11) is 0. The number of hydrogen-bond donors (Lipinski definition) is 1. The molecule has 2 nitrogen and oxygen atoms in total. The van der Waals surface area contributed by atoms with Crippen molar-refractivity contribution in [2.24, 2.45) is 11.8 Å². The third-order valence-electron chi connectivity index (χ3n) is 4.18. The average Bonchev–Trinajstić information content (AvgIpc) is 2.39. The van der Waals surface area contributed by atoms with Crippen molar-refractivity contribution in [2.45, 2.75) is 50.3 Å². The van der Waals surface area contributed by atoms with Crippen molar-refractivity contribution in [1.82, 2.24) is 5.32 Å². The van der Waals surface area contributed by atoms with Crippen molar-refractivity contribution in [2.75, 3.05) is 18.1 Å². The zero-order chi connectivity index (χ0) is 12.8. The highest BCUT2D eigenvalue weighted by atomic mass is 35.5. The minimum Gasteiger partial charge on any atom is -0.356 e. The lowest BCUT2D eigenvalue weighted by Crippen LogP contribution is -2.32. The zero-order valence-electron chi connectivity index (χ0n) is 11.0. The van der Waals surface area contributed by atoms with Gasteiger partial charge in [0, 0.05) is 18.3 Å². The first-order valence-corrected chi connectivity index (χ1v) is 8.81. The molecule has 0 aromatic carbocycles. The molecule has 0 aromatic rings. The summed E-state index contributed by atoms with van der Waals surface area (Å²) in [6, 6.07) is 0. The van der Waals surface area contributed by atoms with Crippen molar-refractivity contribution >= 4 is 29.3 Å². The third kappa shape index (κ3) is 5.00. The lowest BCUT2D eigenvalue weighted by Gasteiger charge is -2.26. The second-order valence-electron chi connectivity index (χ2n) is 5.68. The van der Waals surface area contributed by atoms with Crippen LogP contribution >= 0.6 is 23.4 Å². The minimum absolute atomic E-state index is 0.264. The van der Waals surface area contributed by atoms with Gasteiger partial charge in [-0.05, 0) is 61.9 Å². The Hall–Kier alpha value is 0.110. The second-order valence-corrected chi connectivity index (χ2v) is 7.52. The van der Waals surface area contributed by atoms with Crippen molar-refractivity contribution in [3.63, 3.8) is 0 Å². The van der Waals surface area contributed by atoms with Gasteiger partial charge in [-0.3, -0.25) is 4.79 Å². The fraction of sp³-hybridized carbons (Fsp3) is 0.929. The van der Waals surface area contributed by atoms with Gasteiger partial charge in [0.2, 0.25) is 5.91 Å². The van der Waals surface area contributed by atoms with Crippen LogP contribution < -0.4 is 5.32 Å². The minimum atomic E-state index is 0.264. The number of amides is 1. The maximum absolute atomic E-state index is 11.9. The summed E-state index contributed by atoms with van der Waals surface area (Å²) < 4.78 is 0. The molecule has 2 fully saturated rings. The number of carbonyl (C=O) groups excluding carboxylic acids is 1. The maximum Gasteiger partial charge on any atom is 0.220 e.